The van der Waals surface area contributed by atoms with Gasteiger partial charge in [-0.15, -0.1) is 0 Å². The molecule has 0 aromatic heterocycles. The van der Waals surface area contributed by atoms with Crippen molar-refractivity contribution in [1.82, 2.24) is 0 Å². The molecule has 0 radical (unpaired) electrons. The Kier molecular flexibility index (Phi) is 10.2. The molecule has 1 saturated heterocycles. The summed E-state index contributed by atoms with van der Waals surface area (Å²) in [6.45, 7) is 3.06. The van der Waals surface area contributed by atoms with Gasteiger partial charge in [0.2, 0.25) is 0 Å². The summed E-state index contributed by atoms with van der Waals surface area (Å²) < 4.78 is 10.6. The van der Waals surface area contributed by atoms with Gasteiger partial charge in [-0.25, -0.2) is 0 Å². The summed E-state index contributed by atoms with van der Waals surface area (Å²) in [5.74, 6) is 0. The molecular formula is C16H32O5. The molecule has 0 spiro atoms. The molecule has 5 heteroatoms. The van der Waals surface area contributed by atoms with Crippen LogP contribution < -0.4 is 0 Å². The van der Waals surface area contributed by atoms with Crippen LogP contribution in [0.25, 0.3) is 0 Å². The quantitative estimate of drug-likeness (QED) is 0.478. The average molecular weight is 304 g/mol. The molecule has 1 aliphatic heterocycles. The third-order valence-electron chi connectivity index (χ3n) is 4.00. The van der Waals surface area contributed by atoms with Crippen molar-refractivity contribution in [2.24, 2.45) is 0 Å². The monoisotopic (exact) mass is 304 g/mol. The summed E-state index contributed by atoms with van der Waals surface area (Å²) in [4.78, 5) is 0. The van der Waals surface area contributed by atoms with E-state index in [9.17, 15) is 15.3 Å². The molecule has 0 aliphatic carbocycles. The van der Waals surface area contributed by atoms with Crippen LogP contribution in [0.15, 0.2) is 0 Å². The van der Waals surface area contributed by atoms with Gasteiger partial charge < -0.3 is 24.8 Å². The van der Waals surface area contributed by atoms with E-state index in [-0.39, 0.29) is 13.2 Å². The maximum Gasteiger partial charge on any atom is 0.114 e. The van der Waals surface area contributed by atoms with E-state index < -0.39 is 24.4 Å². The van der Waals surface area contributed by atoms with Crippen LogP contribution in [-0.2, 0) is 9.47 Å². The second kappa shape index (κ2) is 11.4. The highest BCUT2D eigenvalue weighted by atomic mass is 16.5. The van der Waals surface area contributed by atoms with Crippen molar-refractivity contribution in [3.05, 3.63) is 0 Å². The minimum absolute atomic E-state index is 0.0704. The Morgan fingerprint density at radius 3 is 2.24 bits per heavy atom. The van der Waals surface area contributed by atoms with E-state index in [1.54, 1.807) is 0 Å². The van der Waals surface area contributed by atoms with Gasteiger partial charge in [0.15, 0.2) is 0 Å². The summed E-state index contributed by atoms with van der Waals surface area (Å²) in [6.07, 6.45) is 6.43. The lowest BCUT2D eigenvalue weighted by Gasteiger charge is -2.20. The lowest BCUT2D eigenvalue weighted by Crippen LogP contribution is -2.40. The zero-order valence-corrected chi connectivity index (χ0v) is 13.2. The third kappa shape index (κ3) is 7.56. The summed E-state index contributed by atoms with van der Waals surface area (Å²) in [6, 6.07) is 0. The maximum absolute atomic E-state index is 9.84. The van der Waals surface area contributed by atoms with Crippen molar-refractivity contribution >= 4 is 0 Å². The SMILES string of the molecule is CCCCCCCCCCOCC(O)[C@H]1OC[C@@H](O)C1O. The Balaban J connectivity index is 1.90. The number of aliphatic hydroxyl groups excluding tert-OH is 3. The third-order valence-corrected chi connectivity index (χ3v) is 4.00. The number of aliphatic hydroxyl groups is 3. The van der Waals surface area contributed by atoms with Crippen LogP contribution in [0, 0.1) is 0 Å². The van der Waals surface area contributed by atoms with Gasteiger partial charge in [0.1, 0.15) is 24.4 Å². The van der Waals surface area contributed by atoms with Crippen LogP contribution in [0.1, 0.15) is 58.3 Å². The van der Waals surface area contributed by atoms with Crippen LogP contribution in [0.4, 0.5) is 0 Å². The Labute approximate surface area is 128 Å². The normalized spacial score (nSPS) is 27.1. The number of ether oxygens (including phenoxy) is 2. The molecule has 4 atom stereocenters. The van der Waals surface area contributed by atoms with Gasteiger partial charge in [-0.3, -0.25) is 0 Å². The first kappa shape index (κ1) is 18.8. The van der Waals surface area contributed by atoms with Crippen molar-refractivity contribution < 1.29 is 24.8 Å². The highest BCUT2D eigenvalue weighted by Crippen LogP contribution is 2.18. The number of unbranched alkanes of at least 4 members (excludes halogenated alkanes) is 7. The van der Waals surface area contributed by atoms with Crippen molar-refractivity contribution in [2.75, 3.05) is 19.8 Å². The second-order valence-electron chi connectivity index (χ2n) is 5.97. The molecule has 0 amide bonds. The number of hydrogen-bond acceptors (Lipinski definition) is 5. The van der Waals surface area contributed by atoms with Gasteiger partial charge >= 0.3 is 0 Å². The molecule has 126 valence electrons. The van der Waals surface area contributed by atoms with E-state index in [4.69, 9.17) is 9.47 Å². The van der Waals surface area contributed by atoms with E-state index in [0.717, 1.165) is 12.8 Å². The molecule has 0 aromatic rings. The van der Waals surface area contributed by atoms with Gasteiger partial charge in [-0.05, 0) is 6.42 Å². The Morgan fingerprint density at radius 1 is 1.05 bits per heavy atom. The van der Waals surface area contributed by atoms with Crippen LogP contribution in [0.3, 0.4) is 0 Å². The van der Waals surface area contributed by atoms with E-state index in [0.29, 0.717) is 6.61 Å². The Hall–Kier alpha value is -0.200. The number of rotatable bonds is 12. The molecule has 1 heterocycles. The predicted octanol–water partition coefficient (Wildman–Crippen LogP) is 1.63. The molecular weight excluding hydrogens is 272 g/mol. The summed E-state index contributed by atoms with van der Waals surface area (Å²) >= 11 is 0. The molecule has 1 fully saturated rings. The van der Waals surface area contributed by atoms with Gasteiger partial charge in [-0.1, -0.05) is 51.9 Å². The zero-order valence-electron chi connectivity index (χ0n) is 13.2. The van der Waals surface area contributed by atoms with E-state index in [2.05, 4.69) is 6.92 Å². The molecule has 21 heavy (non-hydrogen) atoms. The van der Waals surface area contributed by atoms with Gasteiger partial charge in [0.25, 0.3) is 0 Å². The fourth-order valence-electron chi connectivity index (χ4n) is 2.60. The van der Waals surface area contributed by atoms with E-state index in [1.807, 2.05) is 0 Å². The van der Waals surface area contributed by atoms with E-state index >= 15 is 0 Å². The van der Waals surface area contributed by atoms with Gasteiger partial charge in [-0.2, -0.15) is 0 Å². The van der Waals surface area contributed by atoms with Crippen LogP contribution in [0.5, 0.6) is 0 Å². The van der Waals surface area contributed by atoms with Crippen molar-refractivity contribution in [1.29, 1.82) is 0 Å². The Bertz CT molecular complexity index is 249. The van der Waals surface area contributed by atoms with Crippen LogP contribution in [-0.4, -0.2) is 59.6 Å². The average Bonchev–Trinajstić information content (AvgIpc) is 2.81. The minimum atomic E-state index is -1.02. The first-order valence-electron chi connectivity index (χ1n) is 8.40. The highest BCUT2D eigenvalue weighted by Gasteiger charge is 2.39. The first-order valence-corrected chi connectivity index (χ1v) is 8.40. The van der Waals surface area contributed by atoms with Gasteiger partial charge in [0, 0.05) is 6.61 Å². The molecule has 5 nitrogen and oxygen atoms in total. The highest BCUT2D eigenvalue weighted by molar-refractivity contribution is 4.87. The second-order valence-corrected chi connectivity index (χ2v) is 5.97. The topological polar surface area (TPSA) is 79.2 Å². The fourth-order valence-corrected chi connectivity index (χ4v) is 2.60. The van der Waals surface area contributed by atoms with Crippen molar-refractivity contribution in [2.45, 2.75) is 82.7 Å². The summed E-state index contributed by atoms with van der Waals surface area (Å²) in [7, 11) is 0. The predicted molar refractivity (Wildman–Crippen MR) is 81.2 cm³/mol. The lowest BCUT2D eigenvalue weighted by atomic mass is 10.1. The molecule has 0 bridgehead atoms. The molecule has 0 aromatic carbocycles. The van der Waals surface area contributed by atoms with Crippen LogP contribution >= 0.6 is 0 Å². The molecule has 0 saturated carbocycles. The van der Waals surface area contributed by atoms with E-state index in [1.165, 1.54) is 38.5 Å². The zero-order chi connectivity index (χ0) is 15.5. The smallest absolute Gasteiger partial charge is 0.114 e. The summed E-state index contributed by atoms with van der Waals surface area (Å²) in [5.41, 5.74) is 0. The standard InChI is InChI=1S/C16H32O5/c1-2-3-4-5-6-7-8-9-10-20-11-14(18)16-15(19)13(17)12-21-16/h13-19H,2-12H2,1H3/t13-,14?,15?,16-/m1/s1. The maximum atomic E-state index is 9.84. The van der Waals surface area contributed by atoms with Gasteiger partial charge in [0.05, 0.1) is 13.2 Å². The fraction of sp³-hybridized carbons (Fsp3) is 1.00. The molecule has 1 rings (SSSR count). The van der Waals surface area contributed by atoms with Crippen molar-refractivity contribution in [3.63, 3.8) is 0 Å². The lowest BCUT2D eigenvalue weighted by molar-refractivity contribution is -0.0813. The minimum Gasteiger partial charge on any atom is -0.388 e. The molecule has 2 unspecified atom stereocenters. The number of hydrogen-bond donors (Lipinski definition) is 3. The molecule has 1 aliphatic rings. The first-order chi connectivity index (χ1) is 10.2. The van der Waals surface area contributed by atoms with Crippen molar-refractivity contribution in [3.8, 4) is 0 Å². The van der Waals surface area contributed by atoms with Crippen LogP contribution in [0.2, 0.25) is 0 Å². The molecule has 3 N–H and O–H groups in total. The Morgan fingerprint density at radius 2 is 1.67 bits per heavy atom. The summed E-state index contributed by atoms with van der Waals surface area (Å²) in [5, 5.41) is 28.8. The largest absolute Gasteiger partial charge is 0.388 e.